The largest absolute Gasteiger partial charge is 0.478 e. The Morgan fingerprint density at radius 2 is 1.00 bits per heavy atom. The molecule has 0 aliphatic rings. The molecule has 3 aromatic rings. The van der Waals surface area contributed by atoms with Gasteiger partial charge in [-0.15, -0.1) is 0 Å². The molecule has 0 saturated heterocycles. The minimum absolute atomic E-state index is 0.474. The lowest BCUT2D eigenvalue weighted by molar-refractivity contribution is -0.132. The Kier molecular flexibility index (Phi) is 7.59. The van der Waals surface area contributed by atoms with Crippen LogP contribution in [0.1, 0.15) is 0 Å². The summed E-state index contributed by atoms with van der Waals surface area (Å²) in [5, 5.41) is 22.2. The number of carboxylic acids is 2. The predicted octanol–water partition coefficient (Wildman–Crippen LogP) is 2.97. The molecule has 0 unspecified atom stereocenters. The second kappa shape index (κ2) is 11.0. The molecule has 4 N–H and O–H groups in total. The van der Waals surface area contributed by atoms with Crippen molar-refractivity contribution in [2.24, 2.45) is 0 Å². The van der Waals surface area contributed by atoms with Crippen molar-refractivity contribution in [1.82, 2.24) is 9.97 Å². The number of carboxylic acid groups (broad SMARTS) is 2. The van der Waals surface area contributed by atoms with Gasteiger partial charge in [-0.1, -0.05) is 12.1 Å². The minimum atomic E-state index is -1.21. The summed E-state index contributed by atoms with van der Waals surface area (Å²) in [5.41, 5.74) is 3.29. The molecular weight excluding hydrogens is 440 g/mol. The number of aromatic nitrogens is 2. The number of anilines is 2. The van der Waals surface area contributed by atoms with Gasteiger partial charge in [0.25, 0.3) is 0 Å². The highest BCUT2D eigenvalue weighted by Crippen LogP contribution is 2.23. The number of rotatable bonds is 8. The topological polar surface area (TPSA) is 159 Å². The molecule has 0 saturated carbocycles. The summed E-state index contributed by atoms with van der Waals surface area (Å²) < 4.78 is 0. The third-order valence-corrected chi connectivity index (χ3v) is 4.30. The van der Waals surface area contributed by atoms with Gasteiger partial charge in [-0.05, 0) is 42.0 Å². The Labute approximate surface area is 193 Å². The van der Waals surface area contributed by atoms with Crippen molar-refractivity contribution in [2.75, 3.05) is 10.6 Å². The lowest BCUT2D eigenvalue weighted by Gasteiger charge is -2.07. The van der Waals surface area contributed by atoms with Gasteiger partial charge in [0.15, 0.2) is 5.82 Å². The number of hydrogen-bond donors (Lipinski definition) is 4. The zero-order valence-electron chi connectivity index (χ0n) is 17.5. The highest BCUT2D eigenvalue weighted by atomic mass is 16.4. The average molecular weight is 458 g/mol. The van der Waals surface area contributed by atoms with E-state index in [0.717, 1.165) is 41.0 Å². The summed E-state index contributed by atoms with van der Waals surface area (Å²) >= 11 is 0. The van der Waals surface area contributed by atoms with E-state index in [0.29, 0.717) is 17.2 Å². The summed E-state index contributed by atoms with van der Waals surface area (Å²) in [4.78, 5) is 52.9. The fourth-order valence-corrected chi connectivity index (χ4v) is 2.74. The Hall–Kier alpha value is -5.12. The molecule has 0 atom stereocenters. The van der Waals surface area contributed by atoms with Gasteiger partial charge in [-0.2, -0.15) is 0 Å². The van der Waals surface area contributed by atoms with Crippen LogP contribution in [0.5, 0.6) is 0 Å². The van der Waals surface area contributed by atoms with Crippen LogP contribution in [0, 0.1) is 0 Å². The number of aliphatic carboxylic acids is 2. The first-order chi connectivity index (χ1) is 16.3. The first-order valence-corrected chi connectivity index (χ1v) is 9.77. The molecule has 10 heteroatoms. The standard InChI is InChI=1S/C24H18N4O6/c29-20(9-11-22(31)32)27-18-5-1-15(2-6-18)17-13-25-24(26-14-17)16-3-7-19(8-4-16)28-21(30)10-12-23(33)34/h1-14H,(H,27,29)(H,28,30)(H,31,32)(H,33,34). The van der Waals surface area contributed by atoms with E-state index in [-0.39, 0.29) is 0 Å². The number of carbonyl (C=O) groups is 4. The quantitative estimate of drug-likeness (QED) is 0.375. The summed E-state index contributed by atoms with van der Waals surface area (Å²) in [7, 11) is 0. The van der Waals surface area contributed by atoms with Gasteiger partial charge in [-0.25, -0.2) is 19.6 Å². The van der Waals surface area contributed by atoms with Crippen LogP contribution < -0.4 is 10.6 Å². The van der Waals surface area contributed by atoms with Gasteiger partial charge in [0, 0.05) is 59.2 Å². The predicted molar refractivity (Wildman–Crippen MR) is 124 cm³/mol. The average Bonchev–Trinajstić information content (AvgIpc) is 2.83. The summed E-state index contributed by atoms with van der Waals surface area (Å²) in [6, 6.07) is 13.6. The Morgan fingerprint density at radius 3 is 1.41 bits per heavy atom. The van der Waals surface area contributed by atoms with Crippen molar-refractivity contribution in [3.63, 3.8) is 0 Å². The molecule has 1 aromatic heterocycles. The Morgan fingerprint density at radius 1 is 0.588 bits per heavy atom. The van der Waals surface area contributed by atoms with Crippen LogP contribution in [-0.2, 0) is 19.2 Å². The van der Waals surface area contributed by atoms with Crippen LogP contribution in [0.15, 0.2) is 85.2 Å². The third-order valence-electron chi connectivity index (χ3n) is 4.30. The Bertz CT molecular complexity index is 1160. The second-order valence-corrected chi connectivity index (χ2v) is 6.77. The molecule has 10 nitrogen and oxygen atoms in total. The van der Waals surface area contributed by atoms with Crippen molar-refractivity contribution in [3.05, 3.63) is 85.2 Å². The lowest BCUT2D eigenvalue weighted by Crippen LogP contribution is -2.08. The van der Waals surface area contributed by atoms with E-state index in [2.05, 4.69) is 20.6 Å². The molecule has 3 rings (SSSR count). The van der Waals surface area contributed by atoms with E-state index in [1.54, 1.807) is 60.9 Å². The van der Waals surface area contributed by atoms with Crippen LogP contribution >= 0.6 is 0 Å². The number of amides is 2. The summed E-state index contributed by atoms with van der Waals surface area (Å²) in [6.07, 6.45) is 6.67. The maximum atomic E-state index is 11.6. The van der Waals surface area contributed by atoms with E-state index in [1.165, 1.54) is 0 Å². The van der Waals surface area contributed by atoms with Crippen molar-refractivity contribution < 1.29 is 29.4 Å². The van der Waals surface area contributed by atoms with Crippen LogP contribution in [0.25, 0.3) is 22.5 Å². The molecule has 170 valence electrons. The normalized spacial score (nSPS) is 10.8. The number of hydrogen-bond acceptors (Lipinski definition) is 6. The molecule has 0 radical (unpaired) electrons. The van der Waals surface area contributed by atoms with Crippen LogP contribution in [0.4, 0.5) is 11.4 Å². The SMILES string of the molecule is O=C(O)C=CC(=O)Nc1ccc(-c2cnc(-c3ccc(NC(=O)C=CC(=O)O)cc3)nc2)cc1. The molecule has 34 heavy (non-hydrogen) atoms. The van der Waals surface area contributed by atoms with E-state index >= 15 is 0 Å². The fourth-order valence-electron chi connectivity index (χ4n) is 2.74. The molecule has 0 spiro atoms. The lowest BCUT2D eigenvalue weighted by atomic mass is 10.1. The molecule has 0 bridgehead atoms. The van der Waals surface area contributed by atoms with Gasteiger partial charge in [0.2, 0.25) is 11.8 Å². The van der Waals surface area contributed by atoms with Gasteiger partial charge >= 0.3 is 11.9 Å². The Balaban J connectivity index is 1.63. The molecule has 0 aliphatic heterocycles. The van der Waals surface area contributed by atoms with E-state index in [4.69, 9.17) is 10.2 Å². The van der Waals surface area contributed by atoms with Gasteiger partial charge < -0.3 is 20.8 Å². The molecule has 2 amide bonds. The van der Waals surface area contributed by atoms with Gasteiger partial charge in [0.1, 0.15) is 0 Å². The summed E-state index contributed by atoms with van der Waals surface area (Å²) in [6.45, 7) is 0. The smallest absolute Gasteiger partial charge is 0.328 e. The highest BCUT2D eigenvalue weighted by molar-refractivity contribution is 6.03. The zero-order valence-corrected chi connectivity index (χ0v) is 17.5. The molecule has 0 aliphatic carbocycles. The number of nitrogens with one attached hydrogen (secondary N) is 2. The number of nitrogens with zero attached hydrogens (tertiary/aromatic N) is 2. The molecular formula is C24H18N4O6. The first kappa shape index (κ1) is 23.5. The minimum Gasteiger partial charge on any atom is -0.478 e. The molecule has 0 fully saturated rings. The first-order valence-electron chi connectivity index (χ1n) is 9.77. The van der Waals surface area contributed by atoms with Crippen molar-refractivity contribution in [3.8, 4) is 22.5 Å². The molecule has 1 heterocycles. The maximum Gasteiger partial charge on any atom is 0.328 e. The van der Waals surface area contributed by atoms with Gasteiger partial charge in [-0.3, -0.25) is 9.59 Å². The van der Waals surface area contributed by atoms with Crippen LogP contribution in [-0.4, -0.2) is 43.9 Å². The van der Waals surface area contributed by atoms with Crippen LogP contribution in [0.3, 0.4) is 0 Å². The van der Waals surface area contributed by atoms with E-state index in [1.807, 2.05) is 0 Å². The maximum absolute atomic E-state index is 11.6. The number of benzene rings is 2. The van der Waals surface area contributed by atoms with E-state index in [9.17, 15) is 19.2 Å². The monoisotopic (exact) mass is 458 g/mol. The summed E-state index contributed by atoms with van der Waals surface area (Å²) in [5.74, 6) is -3.05. The molecule has 2 aromatic carbocycles. The van der Waals surface area contributed by atoms with Crippen molar-refractivity contribution in [2.45, 2.75) is 0 Å². The third kappa shape index (κ3) is 6.95. The zero-order chi connectivity index (χ0) is 24.5. The number of carbonyl (C=O) groups excluding carboxylic acids is 2. The van der Waals surface area contributed by atoms with Gasteiger partial charge in [0.05, 0.1) is 0 Å². The van der Waals surface area contributed by atoms with E-state index < -0.39 is 23.8 Å². The highest BCUT2D eigenvalue weighted by Gasteiger charge is 2.06. The van der Waals surface area contributed by atoms with Crippen molar-refractivity contribution in [1.29, 1.82) is 0 Å². The van der Waals surface area contributed by atoms with Crippen LogP contribution in [0.2, 0.25) is 0 Å². The van der Waals surface area contributed by atoms with Crippen molar-refractivity contribution >= 4 is 35.1 Å². The fraction of sp³-hybridized carbons (Fsp3) is 0. The second-order valence-electron chi connectivity index (χ2n) is 6.77.